The molecular formula is C26H29F3N2O4S. The number of benzene rings is 2. The SMILES string of the molecule is C=CC(N1C(C)CN(c2ccc(C(F)(F)F)cc2)CC1C)S(=O)(=O)c1ccc2c(c1)C(C(=O)O)CC2. The van der Waals surface area contributed by atoms with Gasteiger partial charge >= 0.3 is 12.1 Å². The van der Waals surface area contributed by atoms with Crippen LogP contribution in [0.1, 0.15) is 42.9 Å². The highest BCUT2D eigenvalue weighted by Gasteiger charge is 2.41. The molecule has 6 nitrogen and oxygen atoms in total. The molecule has 0 spiro atoms. The lowest BCUT2D eigenvalue weighted by atomic mass is 10.0. The molecule has 2 aliphatic rings. The third-order valence-electron chi connectivity index (χ3n) is 7.18. The van der Waals surface area contributed by atoms with Crippen LogP contribution in [-0.4, -0.2) is 54.9 Å². The smallest absolute Gasteiger partial charge is 0.416 e. The van der Waals surface area contributed by atoms with Gasteiger partial charge in [-0.1, -0.05) is 12.1 Å². The van der Waals surface area contributed by atoms with Crippen LogP contribution in [-0.2, 0) is 27.2 Å². The third-order valence-corrected chi connectivity index (χ3v) is 9.16. The summed E-state index contributed by atoms with van der Waals surface area (Å²) < 4.78 is 66.3. The Hall–Kier alpha value is -2.85. The molecule has 1 fully saturated rings. The van der Waals surface area contributed by atoms with Crippen LogP contribution in [0.25, 0.3) is 0 Å². The van der Waals surface area contributed by atoms with E-state index in [1.807, 2.05) is 23.6 Å². The van der Waals surface area contributed by atoms with Gasteiger partial charge in [0.05, 0.1) is 16.4 Å². The second-order valence-corrected chi connectivity index (χ2v) is 11.6. The molecule has 10 heteroatoms. The van der Waals surface area contributed by atoms with Crippen LogP contribution < -0.4 is 4.90 Å². The molecule has 4 unspecified atom stereocenters. The number of carboxylic acid groups (broad SMARTS) is 1. The van der Waals surface area contributed by atoms with Crippen molar-refractivity contribution in [3.05, 3.63) is 71.8 Å². The maximum absolute atomic E-state index is 13.7. The number of anilines is 1. The molecule has 1 heterocycles. The van der Waals surface area contributed by atoms with Gasteiger partial charge in [-0.2, -0.15) is 13.2 Å². The standard InChI is InChI=1S/C26H29F3N2O4S/c1-4-24(36(34,35)21-11-5-18-6-12-22(25(32)33)23(18)13-21)31-16(2)14-30(15-17(31)3)20-9-7-19(8-10-20)26(27,28)29/h4-5,7-11,13,16-17,22,24H,1,6,12,14-15H2,2-3H3,(H,32,33). The fraction of sp³-hybridized carbons (Fsp3) is 0.423. The zero-order chi connectivity index (χ0) is 26.4. The Morgan fingerprint density at radius 1 is 1.11 bits per heavy atom. The van der Waals surface area contributed by atoms with Crippen molar-refractivity contribution < 1.29 is 31.5 Å². The summed E-state index contributed by atoms with van der Waals surface area (Å²) in [6.07, 6.45) is -1.99. The van der Waals surface area contributed by atoms with Gasteiger partial charge in [0.2, 0.25) is 0 Å². The van der Waals surface area contributed by atoms with Crippen LogP contribution in [0, 0.1) is 0 Å². The monoisotopic (exact) mass is 522 g/mol. The fourth-order valence-electron chi connectivity index (χ4n) is 5.47. The number of nitrogens with zero attached hydrogens (tertiary/aromatic N) is 2. The Kier molecular flexibility index (Phi) is 6.96. The van der Waals surface area contributed by atoms with E-state index in [1.54, 1.807) is 6.07 Å². The molecule has 1 saturated heterocycles. The minimum absolute atomic E-state index is 0.0591. The summed E-state index contributed by atoms with van der Waals surface area (Å²) >= 11 is 0. The van der Waals surface area contributed by atoms with Crippen LogP contribution >= 0.6 is 0 Å². The Bertz CT molecular complexity index is 1250. The van der Waals surface area contributed by atoms with Crippen molar-refractivity contribution in [1.29, 1.82) is 0 Å². The Labute approximate surface area is 208 Å². The van der Waals surface area contributed by atoms with E-state index >= 15 is 0 Å². The van der Waals surface area contributed by atoms with Crippen molar-refractivity contribution in [3.63, 3.8) is 0 Å². The Balaban J connectivity index is 1.58. The summed E-state index contributed by atoms with van der Waals surface area (Å²) in [7, 11) is -3.92. The molecule has 1 aliphatic carbocycles. The zero-order valence-corrected chi connectivity index (χ0v) is 20.9. The van der Waals surface area contributed by atoms with E-state index in [1.165, 1.54) is 30.3 Å². The van der Waals surface area contributed by atoms with E-state index in [4.69, 9.17) is 0 Å². The highest BCUT2D eigenvalue weighted by atomic mass is 32.2. The number of sulfone groups is 1. The number of piperazine rings is 1. The highest BCUT2D eigenvalue weighted by molar-refractivity contribution is 7.92. The van der Waals surface area contributed by atoms with Gasteiger partial charge in [-0.3, -0.25) is 9.69 Å². The first-order valence-corrected chi connectivity index (χ1v) is 13.3. The predicted molar refractivity (Wildman–Crippen MR) is 131 cm³/mol. The largest absolute Gasteiger partial charge is 0.481 e. The second kappa shape index (κ2) is 9.55. The highest BCUT2D eigenvalue weighted by Crippen LogP contribution is 2.37. The van der Waals surface area contributed by atoms with Gasteiger partial charge in [0, 0.05) is 30.9 Å². The topological polar surface area (TPSA) is 77.9 Å². The summed E-state index contributed by atoms with van der Waals surface area (Å²) in [5.74, 6) is -1.69. The second-order valence-electron chi connectivity index (χ2n) is 9.56. The van der Waals surface area contributed by atoms with Crippen LogP contribution in [0.4, 0.5) is 18.9 Å². The van der Waals surface area contributed by atoms with Crippen LogP contribution in [0.15, 0.2) is 60.0 Å². The third kappa shape index (κ3) is 4.76. The average Bonchev–Trinajstić information content (AvgIpc) is 3.24. The van der Waals surface area contributed by atoms with Crippen molar-refractivity contribution in [1.82, 2.24) is 4.90 Å². The average molecular weight is 523 g/mol. The van der Waals surface area contributed by atoms with E-state index in [9.17, 15) is 31.5 Å². The number of alkyl halides is 3. The lowest BCUT2D eigenvalue weighted by Gasteiger charge is -2.47. The van der Waals surface area contributed by atoms with Gasteiger partial charge in [-0.05, 0) is 74.2 Å². The Morgan fingerprint density at radius 2 is 1.72 bits per heavy atom. The van der Waals surface area contributed by atoms with E-state index in [2.05, 4.69) is 6.58 Å². The van der Waals surface area contributed by atoms with Crippen molar-refractivity contribution in [2.75, 3.05) is 18.0 Å². The maximum Gasteiger partial charge on any atom is 0.416 e. The summed E-state index contributed by atoms with van der Waals surface area (Å²) in [6, 6.07) is 9.17. The van der Waals surface area contributed by atoms with Crippen LogP contribution in [0.3, 0.4) is 0 Å². The van der Waals surface area contributed by atoms with E-state index in [0.717, 1.165) is 17.7 Å². The van der Waals surface area contributed by atoms with Gasteiger partial charge in [-0.25, -0.2) is 8.42 Å². The summed E-state index contributed by atoms with van der Waals surface area (Å²) in [6.45, 7) is 8.38. The molecule has 194 valence electrons. The van der Waals surface area contributed by atoms with Gasteiger partial charge < -0.3 is 10.0 Å². The summed E-state index contributed by atoms with van der Waals surface area (Å²) in [4.78, 5) is 15.5. The Morgan fingerprint density at radius 3 is 2.25 bits per heavy atom. The lowest BCUT2D eigenvalue weighted by Crippen LogP contribution is -2.61. The van der Waals surface area contributed by atoms with Crippen LogP contribution in [0.5, 0.6) is 0 Å². The number of hydrogen-bond acceptors (Lipinski definition) is 5. The van der Waals surface area contributed by atoms with Crippen molar-refractivity contribution in [2.24, 2.45) is 0 Å². The van der Waals surface area contributed by atoms with Gasteiger partial charge in [-0.15, -0.1) is 6.58 Å². The molecule has 4 rings (SSSR count). The predicted octanol–water partition coefficient (Wildman–Crippen LogP) is 4.70. The van der Waals surface area contributed by atoms with Crippen molar-refractivity contribution >= 4 is 21.5 Å². The lowest BCUT2D eigenvalue weighted by molar-refractivity contribution is -0.139. The minimum atomic E-state index is -4.41. The molecule has 4 atom stereocenters. The summed E-state index contributed by atoms with van der Waals surface area (Å²) in [5.41, 5.74) is 1.31. The number of halogens is 3. The zero-order valence-electron chi connectivity index (χ0n) is 20.1. The van der Waals surface area contributed by atoms with Crippen molar-refractivity contribution in [2.45, 2.75) is 61.1 Å². The molecule has 36 heavy (non-hydrogen) atoms. The van der Waals surface area contributed by atoms with Crippen molar-refractivity contribution in [3.8, 4) is 0 Å². The number of fused-ring (bicyclic) bond motifs is 1. The molecule has 2 aromatic carbocycles. The number of carboxylic acids is 1. The number of carbonyl (C=O) groups is 1. The molecule has 1 N–H and O–H groups in total. The minimum Gasteiger partial charge on any atom is -0.481 e. The van der Waals surface area contributed by atoms with Gasteiger partial charge in [0.1, 0.15) is 5.37 Å². The number of aryl methyl sites for hydroxylation is 1. The molecular weight excluding hydrogens is 493 g/mol. The molecule has 0 amide bonds. The van der Waals surface area contributed by atoms with Crippen LogP contribution in [0.2, 0.25) is 0 Å². The number of rotatable bonds is 6. The molecule has 0 aromatic heterocycles. The van der Waals surface area contributed by atoms with Gasteiger partial charge in [0.25, 0.3) is 0 Å². The maximum atomic E-state index is 13.7. The quantitative estimate of drug-likeness (QED) is 0.554. The molecule has 0 radical (unpaired) electrons. The first-order valence-electron chi connectivity index (χ1n) is 11.8. The fourth-order valence-corrected chi connectivity index (χ4v) is 7.29. The first-order chi connectivity index (χ1) is 16.8. The summed E-state index contributed by atoms with van der Waals surface area (Å²) in [5, 5.41) is 8.48. The molecule has 0 bridgehead atoms. The molecule has 2 aromatic rings. The van der Waals surface area contributed by atoms with E-state index in [0.29, 0.717) is 37.2 Å². The number of hydrogen-bond donors (Lipinski definition) is 1. The number of aliphatic carboxylic acids is 1. The first kappa shape index (κ1) is 26.2. The van der Waals surface area contributed by atoms with E-state index < -0.39 is 38.8 Å². The normalized spacial score (nSPS) is 23.8. The van der Waals surface area contributed by atoms with E-state index in [-0.39, 0.29) is 17.0 Å². The van der Waals surface area contributed by atoms with Gasteiger partial charge in [0.15, 0.2) is 9.84 Å². The molecule has 0 saturated carbocycles. The molecule has 1 aliphatic heterocycles.